The van der Waals surface area contributed by atoms with Crippen molar-refractivity contribution >= 4 is 27.7 Å². The molecule has 0 unspecified atom stereocenters. The van der Waals surface area contributed by atoms with Crippen molar-refractivity contribution in [3.05, 3.63) is 108 Å². The van der Waals surface area contributed by atoms with Crippen LogP contribution in [0.2, 0.25) is 0 Å². The highest BCUT2D eigenvalue weighted by molar-refractivity contribution is 6.17. The summed E-state index contributed by atoms with van der Waals surface area (Å²) in [6, 6.07) is 27.4. The Hall–Kier alpha value is -4.06. The van der Waals surface area contributed by atoms with Crippen LogP contribution in [0.1, 0.15) is 21.5 Å². The molecule has 0 fully saturated rings. The summed E-state index contributed by atoms with van der Waals surface area (Å²) in [5.74, 6) is -0.641. The Labute approximate surface area is 187 Å². The van der Waals surface area contributed by atoms with E-state index in [4.69, 9.17) is 5.73 Å². The van der Waals surface area contributed by atoms with E-state index in [1.54, 1.807) is 22.8 Å². The molecule has 3 nitrogen and oxygen atoms in total. The first-order valence-corrected chi connectivity index (χ1v) is 10.3. The van der Waals surface area contributed by atoms with Gasteiger partial charge in [-0.2, -0.15) is 13.2 Å². The van der Waals surface area contributed by atoms with Gasteiger partial charge in [0, 0.05) is 22.9 Å². The van der Waals surface area contributed by atoms with Crippen LogP contribution in [0.5, 0.6) is 0 Å². The van der Waals surface area contributed by atoms with Crippen LogP contribution in [0.15, 0.2) is 84.9 Å². The fourth-order valence-electron chi connectivity index (χ4n) is 4.32. The maximum absolute atomic E-state index is 13.5. The Morgan fingerprint density at radius 2 is 1.64 bits per heavy atom. The molecule has 33 heavy (non-hydrogen) atoms. The van der Waals surface area contributed by atoms with Crippen LogP contribution >= 0.6 is 0 Å². The molecular weight excluding hydrogens is 425 g/mol. The van der Waals surface area contributed by atoms with Gasteiger partial charge >= 0.3 is 6.18 Å². The third-order valence-electron chi connectivity index (χ3n) is 5.82. The molecule has 5 aromatic rings. The summed E-state index contributed by atoms with van der Waals surface area (Å²) >= 11 is 0. The smallest absolute Gasteiger partial charge is 0.366 e. The van der Waals surface area contributed by atoms with Gasteiger partial charge in [0.1, 0.15) is 0 Å². The van der Waals surface area contributed by atoms with Crippen molar-refractivity contribution in [1.82, 2.24) is 4.57 Å². The fraction of sp³-hybridized carbons (Fsp3) is 0.0741. The van der Waals surface area contributed by atoms with Crippen LogP contribution in [0.25, 0.3) is 32.9 Å². The molecule has 0 aliphatic rings. The van der Waals surface area contributed by atoms with Gasteiger partial charge in [0.25, 0.3) is 0 Å². The number of nitrogens with two attached hydrogens (primary N) is 1. The number of rotatable bonds is 4. The second-order valence-corrected chi connectivity index (χ2v) is 7.82. The molecule has 0 saturated carbocycles. The van der Waals surface area contributed by atoms with Gasteiger partial charge in [-0.3, -0.25) is 4.79 Å². The van der Waals surface area contributed by atoms with E-state index in [-0.39, 0.29) is 5.56 Å². The fourth-order valence-corrected chi connectivity index (χ4v) is 4.32. The molecule has 1 heterocycles. The van der Waals surface area contributed by atoms with Crippen molar-refractivity contribution in [3.63, 3.8) is 0 Å². The summed E-state index contributed by atoms with van der Waals surface area (Å²) in [6.07, 6.45) is -4.51. The molecule has 5 rings (SSSR count). The van der Waals surface area contributed by atoms with E-state index in [2.05, 4.69) is 6.07 Å². The quantitative estimate of drug-likeness (QED) is 0.342. The van der Waals surface area contributed by atoms with E-state index in [0.717, 1.165) is 28.8 Å². The number of halogens is 3. The van der Waals surface area contributed by atoms with Gasteiger partial charge in [-0.1, -0.05) is 60.7 Å². The summed E-state index contributed by atoms with van der Waals surface area (Å²) in [4.78, 5) is 12.1. The van der Waals surface area contributed by atoms with Crippen LogP contribution in [0.3, 0.4) is 0 Å². The lowest BCUT2D eigenvalue weighted by atomic mass is 9.99. The second kappa shape index (κ2) is 7.81. The molecule has 1 amide bonds. The van der Waals surface area contributed by atoms with Crippen molar-refractivity contribution in [2.75, 3.05) is 0 Å². The zero-order valence-electron chi connectivity index (χ0n) is 17.4. The van der Waals surface area contributed by atoms with Crippen LogP contribution < -0.4 is 5.73 Å². The highest BCUT2D eigenvalue weighted by atomic mass is 19.4. The second-order valence-electron chi connectivity index (χ2n) is 7.82. The van der Waals surface area contributed by atoms with Crippen LogP contribution in [0.4, 0.5) is 13.2 Å². The minimum atomic E-state index is -4.51. The van der Waals surface area contributed by atoms with E-state index >= 15 is 0 Å². The number of hydrogen-bond donors (Lipinski definition) is 1. The van der Waals surface area contributed by atoms with Crippen LogP contribution in [0, 0.1) is 6.07 Å². The number of benzene rings is 4. The Morgan fingerprint density at radius 1 is 0.909 bits per heavy atom. The van der Waals surface area contributed by atoms with Gasteiger partial charge in [-0.05, 0) is 47.0 Å². The lowest BCUT2D eigenvalue weighted by molar-refractivity contribution is -0.137. The summed E-state index contributed by atoms with van der Waals surface area (Å²) in [6.45, 7) is 0.308. The number of amides is 1. The van der Waals surface area contributed by atoms with Gasteiger partial charge in [0.15, 0.2) is 0 Å². The third kappa shape index (κ3) is 3.63. The minimum Gasteiger partial charge on any atom is -0.366 e. The standard InChI is InChI=1S/C27H18F3N2O/c28-27(29,30)19-13-14-21-24(15-19)32(23-12-6-11-22(25(21)23)26(31)33)16-18-9-4-5-10-20(18)17-7-2-1-3-8-17/h1-13,15H,16H2,(H2,31,33). The third-order valence-corrected chi connectivity index (χ3v) is 5.82. The Kier molecular flexibility index (Phi) is 4.93. The maximum atomic E-state index is 13.5. The zero-order valence-corrected chi connectivity index (χ0v) is 17.4. The topological polar surface area (TPSA) is 48.0 Å². The van der Waals surface area contributed by atoms with Crippen LogP contribution in [-0.4, -0.2) is 10.5 Å². The number of nitrogens with zero attached hydrogens (tertiary/aromatic N) is 1. The number of aromatic nitrogens is 1. The maximum Gasteiger partial charge on any atom is 0.416 e. The molecule has 0 spiro atoms. The minimum absolute atomic E-state index is 0.253. The summed E-state index contributed by atoms with van der Waals surface area (Å²) in [5, 5.41) is 0.940. The lowest BCUT2D eigenvalue weighted by Crippen LogP contribution is -2.11. The summed E-state index contributed by atoms with van der Waals surface area (Å²) in [5.41, 5.74) is 8.94. The first-order valence-electron chi connectivity index (χ1n) is 10.3. The van der Waals surface area contributed by atoms with Gasteiger partial charge in [0.2, 0.25) is 5.91 Å². The van der Waals surface area contributed by atoms with Crippen LogP contribution in [-0.2, 0) is 12.7 Å². The van der Waals surface area contributed by atoms with E-state index in [1.807, 2.05) is 54.6 Å². The number of alkyl halides is 3. The van der Waals surface area contributed by atoms with Crippen molar-refractivity contribution in [2.45, 2.75) is 12.7 Å². The number of carbonyl (C=O) groups is 1. The monoisotopic (exact) mass is 443 g/mol. The number of hydrogen-bond acceptors (Lipinski definition) is 1. The molecule has 0 atom stereocenters. The van der Waals surface area contributed by atoms with E-state index < -0.39 is 17.6 Å². The molecule has 1 radical (unpaired) electrons. The number of carbonyl (C=O) groups excluding carboxylic acids is 1. The van der Waals surface area contributed by atoms with Gasteiger partial charge < -0.3 is 10.3 Å². The molecule has 0 aliphatic carbocycles. The predicted octanol–water partition coefficient (Wildman–Crippen LogP) is 6.43. The highest BCUT2D eigenvalue weighted by Gasteiger charge is 2.31. The Morgan fingerprint density at radius 3 is 2.36 bits per heavy atom. The Bertz CT molecular complexity index is 1500. The molecule has 0 aliphatic heterocycles. The highest BCUT2D eigenvalue weighted by Crippen LogP contribution is 2.37. The van der Waals surface area contributed by atoms with Crippen molar-refractivity contribution < 1.29 is 18.0 Å². The molecular formula is C27H18F3N2O. The molecule has 2 N–H and O–H groups in total. The molecule has 1 aromatic heterocycles. The molecule has 4 aromatic carbocycles. The Balaban J connectivity index is 1.79. The van der Waals surface area contributed by atoms with Gasteiger partial charge in [0.05, 0.1) is 16.6 Å². The van der Waals surface area contributed by atoms with Crippen molar-refractivity contribution in [2.24, 2.45) is 5.73 Å². The largest absolute Gasteiger partial charge is 0.416 e. The SMILES string of the molecule is NC(=O)c1cccc2c1c1[c]cc(C(F)(F)F)cc1n2Cc1ccccc1-c1ccccc1. The van der Waals surface area contributed by atoms with Gasteiger partial charge in [-0.25, -0.2) is 0 Å². The van der Waals surface area contributed by atoms with Crippen molar-refractivity contribution in [1.29, 1.82) is 0 Å². The average Bonchev–Trinajstić information content (AvgIpc) is 3.12. The van der Waals surface area contributed by atoms with Crippen molar-refractivity contribution in [3.8, 4) is 11.1 Å². The normalized spacial score (nSPS) is 11.8. The predicted molar refractivity (Wildman–Crippen MR) is 123 cm³/mol. The first kappa shape index (κ1) is 20.8. The first-order chi connectivity index (χ1) is 15.8. The molecule has 6 heteroatoms. The molecule has 163 valence electrons. The molecule has 0 saturated heterocycles. The summed E-state index contributed by atoms with van der Waals surface area (Å²) < 4.78 is 42.4. The average molecular weight is 443 g/mol. The van der Waals surface area contributed by atoms with E-state index in [0.29, 0.717) is 28.4 Å². The van der Waals surface area contributed by atoms with Gasteiger partial charge in [-0.15, -0.1) is 0 Å². The zero-order chi connectivity index (χ0) is 23.2. The number of fused-ring (bicyclic) bond motifs is 3. The summed E-state index contributed by atoms with van der Waals surface area (Å²) in [7, 11) is 0. The number of primary amides is 1. The molecule has 0 bridgehead atoms. The lowest BCUT2D eigenvalue weighted by Gasteiger charge is -2.14. The van der Waals surface area contributed by atoms with E-state index in [9.17, 15) is 18.0 Å². The van der Waals surface area contributed by atoms with E-state index in [1.165, 1.54) is 0 Å².